The molecule has 0 fully saturated rings. The van der Waals surface area contributed by atoms with Gasteiger partial charge in [0, 0.05) is 37.9 Å². The normalized spacial score (nSPS) is 18.5. The number of aryl methyl sites for hydroxylation is 1. The highest BCUT2D eigenvalue weighted by atomic mass is 15.7. The monoisotopic (exact) mass is 356 g/mol. The minimum absolute atomic E-state index is 0.225. The van der Waals surface area contributed by atoms with Crippen LogP contribution in [-0.4, -0.2) is 47.0 Å². The lowest BCUT2D eigenvalue weighted by molar-refractivity contribution is 0.147. The minimum atomic E-state index is 0.225. The zero-order valence-corrected chi connectivity index (χ0v) is 17.1. The minimum Gasteiger partial charge on any atom is -0.353 e. The highest BCUT2D eigenvalue weighted by Crippen LogP contribution is 2.20. The average Bonchev–Trinajstić information content (AvgIpc) is 2.57. The summed E-state index contributed by atoms with van der Waals surface area (Å²) < 4.78 is 0. The molecule has 2 N–H and O–H groups in total. The number of aromatic nitrogens is 1. The predicted molar refractivity (Wildman–Crippen MR) is 109 cm³/mol. The first-order valence-corrected chi connectivity index (χ1v) is 9.15. The highest BCUT2D eigenvalue weighted by molar-refractivity contribution is 6.00. The van der Waals surface area contributed by atoms with E-state index in [1.165, 1.54) is 0 Å². The van der Waals surface area contributed by atoms with E-state index in [0.29, 0.717) is 6.04 Å². The molecule has 2 atom stereocenters. The Hall–Kier alpha value is -2.18. The third kappa shape index (κ3) is 4.71. The number of nitrogens with one attached hydrogen (secondary N) is 2. The number of hydrogen-bond donors (Lipinski definition) is 2. The van der Waals surface area contributed by atoms with Crippen LogP contribution in [0, 0.1) is 6.92 Å². The molecule has 2 heterocycles. The summed E-state index contributed by atoms with van der Waals surface area (Å²) in [6.45, 7) is 14.5. The first kappa shape index (κ1) is 20.1. The van der Waals surface area contributed by atoms with Gasteiger partial charge in [0.25, 0.3) is 0 Å². The van der Waals surface area contributed by atoms with Crippen LogP contribution in [0.25, 0.3) is 5.57 Å². The van der Waals surface area contributed by atoms with Gasteiger partial charge in [-0.3, -0.25) is 10.4 Å². The van der Waals surface area contributed by atoms with E-state index in [0.717, 1.165) is 40.5 Å². The van der Waals surface area contributed by atoms with Gasteiger partial charge in [0.05, 0.1) is 5.69 Å². The number of pyridine rings is 1. The first-order chi connectivity index (χ1) is 12.2. The van der Waals surface area contributed by atoms with Crippen molar-refractivity contribution in [3.8, 4) is 0 Å². The van der Waals surface area contributed by atoms with Crippen molar-refractivity contribution in [1.82, 2.24) is 25.9 Å². The Balaban J connectivity index is 2.26. The fraction of sp³-hybridized carbons (Fsp3) is 0.500. The maximum Gasteiger partial charge on any atom is 0.141 e. The smallest absolute Gasteiger partial charge is 0.141 e. The Labute approximate surface area is 157 Å². The van der Waals surface area contributed by atoms with E-state index in [1.54, 1.807) is 0 Å². The van der Waals surface area contributed by atoms with E-state index in [-0.39, 0.29) is 6.04 Å². The molecule has 0 aliphatic carbocycles. The van der Waals surface area contributed by atoms with Crippen LogP contribution in [0.3, 0.4) is 0 Å². The van der Waals surface area contributed by atoms with Gasteiger partial charge in [0.1, 0.15) is 11.7 Å². The SMILES string of the molecule is C=C(C)c1ncc(C2=NC(NN(C)NC(C)CC)=CC(C)N2C)cc1C. The van der Waals surface area contributed by atoms with Crippen LogP contribution < -0.4 is 10.9 Å². The second kappa shape index (κ2) is 8.47. The number of hydrazine groups is 2. The molecule has 2 unspecified atom stereocenters. The van der Waals surface area contributed by atoms with E-state index >= 15 is 0 Å². The molecule has 0 aromatic carbocycles. The average molecular weight is 357 g/mol. The van der Waals surface area contributed by atoms with Gasteiger partial charge in [0.15, 0.2) is 0 Å². The molecule has 0 saturated carbocycles. The van der Waals surface area contributed by atoms with E-state index in [9.17, 15) is 0 Å². The van der Waals surface area contributed by atoms with Crippen LogP contribution in [0.15, 0.2) is 35.7 Å². The zero-order valence-electron chi connectivity index (χ0n) is 17.1. The van der Waals surface area contributed by atoms with Crippen LogP contribution in [0.5, 0.6) is 0 Å². The molecule has 1 aliphatic heterocycles. The van der Waals surface area contributed by atoms with Crippen LogP contribution in [0.2, 0.25) is 0 Å². The van der Waals surface area contributed by atoms with Crippen molar-refractivity contribution in [2.75, 3.05) is 14.1 Å². The maximum atomic E-state index is 4.82. The fourth-order valence-corrected chi connectivity index (χ4v) is 2.86. The summed E-state index contributed by atoms with van der Waals surface area (Å²) in [6, 6.07) is 2.74. The summed E-state index contributed by atoms with van der Waals surface area (Å²) in [5.41, 5.74) is 10.7. The topological polar surface area (TPSA) is 55.8 Å². The molecule has 142 valence electrons. The second-order valence-corrected chi connectivity index (χ2v) is 7.12. The Bertz CT molecular complexity index is 721. The molecule has 0 amide bonds. The summed E-state index contributed by atoms with van der Waals surface area (Å²) in [6.07, 6.45) is 5.04. The molecule has 0 saturated heterocycles. The number of allylic oxidation sites excluding steroid dienone is 1. The van der Waals surface area contributed by atoms with Gasteiger partial charge in [-0.05, 0) is 57.4 Å². The molecule has 6 nitrogen and oxygen atoms in total. The van der Waals surface area contributed by atoms with E-state index < -0.39 is 0 Å². The molecule has 0 spiro atoms. The lowest BCUT2D eigenvalue weighted by Crippen LogP contribution is -2.49. The number of nitrogens with zero attached hydrogens (tertiary/aromatic N) is 4. The largest absolute Gasteiger partial charge is 0.353 e. The molecule has 0 bridgehead atoms. The van der Waals surface area contributed by atoms with E-state index in [2.05, 4.69) is 74.2 Å². The van der Waals surface area contributed by atoms with Crippen LogP contribution in [-0.2, 0) is 0 Å². The fourth-order valence-electron chi connectivity index (χ4n) is 2.86. The van der Waals surface area contributed by atoms with Gasteiger partial charge in [-0.1, -0.05) is 13.5 Å². The molecule has 2 rings (SSSR count). The van der Waals surface area contributed by atoms with Gasteiger partial charge in [0.2, 0.25) is 0 Å². The first-order valence-electron chi connectivity index (χ1n) is 9.15. The van der Waals surface area contributed by atoms with Crippen LogP contribution in [0.4, 0.5) is 0 Å². The third-order valence-electron chi connectivity index (χ3n) is 4.62. The van der Waals surface area contributed by atoms with Crippen molar-refractivity contribution in [3.05, 3.63) is 47.6 Å². The number of amidine groups is 1. The highest BCUT2D eigenvalue weighted by Gasteiger charge is 2.21. The summed E-state index contributed by atoms with van der Waals surface area (Å²) >= 11 is 0. The molecule has 0 radical (unpaired) electrons. The van der Waals surface area contributed by atoms with Crippen molar-refractivity contribution >= 4 is 11.4 Å². The summed E-state index contributed by atoms with van der Waals surface area (Å²) in [5.74, 6) is 1.73. The van der Waals surface area contributed by atoms with Gasteiger partial charge >= 0.3 is 0 Å². The van der Waals surface area contributed by atoms with Crippen LogP contribution in [0.1, 0.15) is 50.9 Å². The lowest BCUT2D eigenvalue weighted by atomic mass is 10.1. The standard InChI is InChI=1S/C20H32N6/c1-9-15(5)23-26(8)24-18-11-16(6)25(7)20(22-18)17-10-14(4)19(13(2)3)21-12-17/h10-12,15-16,23-24H,2,9H2,1,3-8H3. The molecule has 6 heteroatoms. The number of aliphatic imine (C=N–C) groups is 1. The third-order valence-corrected chi connectivity index (χ3v) is 4.62. The Morgan fingerprint density at radius 2 is 2.15 bits per heavy atom. The Morgan fingerprint density at radius 1 is 1.46 bits per heavy atom. The van der Waals surface area contributed by atoms with Crippen molar-refractivity contribution in [2.45, 2.75) is 53.1 Å². The van der Waals surface area contributed by atoms with Crippen LogP contribution >= 0.6 is 0 Å². The van der Waals surface area contributed by atoms with Gasteiger partial charge in [-0.25, -0.2) is 10.4 Å². The zero-order chi connectivity index (χ0) is 19.4. The Kier molecular flexibility index (Phi) is 6.56. The summed E-state index contributed by atoms with van der Waals surface area (Å²) in [4.78, 5) is 11.6. The molecular formula is C20H32N6. The van der Waals surface area contributed by atoms with Crippen molar-refractivity contribution in [2.24, 2.45) is 4.99 Å². The van der Waals surface area contributed by atoms with E-state index in [4.69, 9.17) is 4.99 Å². The van der Waals surface area contributed by atoms with Gasteiger partial charge < -0.3 is 4.90 Å². The number of likely N-dealkylation sites (N-methyl/N-ethyl adjacent to an activating group) is 1. The second-order valence-electron chi connectivity index (χ2n) is 7.12. The molecule has 1 aromatic heterocycles. The maximum absolute atomic E-state index is 4.82. The molecule has 1 aromatic rings. The van der Waals surface area contributed by atoms with Crippen molar-refractivity contribution < 1.29 is 0 Å². The molecule has 1 aliphatic rings. The van der Waals surface area contributed by atoms with Crippen molar-refractivity contribution in [3.63, 3.8) is 0 Å². The Morgan fingerprint density at radius 3 is 2.73 bits per heavy atom. The van der Waals surface area contributed by atoms with Gasteiger partial charge in [-0.15, -0.1) is 0 Å². The van der Waals surface area contributed by atoms with Crippen molar-refractivity contribution in [1.29, 1.82) is 0 Å². The van der Waals surface area contributed by atoms with E-state index in [1.807, 2.05) is 25.3 Å². The number of rotatable bonds is 7. The quantitative estimate of drug-likeness (QED) is 0.735. The number of hydrogen-bond acceptors (Lipinski definition) is 6. The molecular weight excluding hydrogens is 324 g/mol. The molecule has 26 heavy (non-hydrogen) atoms. The summed E-state index contributed by atoms with van der Waals surface area (Å²) in [7, 11) is 4.01. The summed E-state index contributed by atoms with van der Waals surface area (Å²) in [5, 5.41) is 1.87. The van der Waals surface area contributed by atoms with Gasteiger partial charge in [-0.2, -0.15) is 5.12 Å². The predicted octanol–water partition coefficient (Wildman–Crippen LogP) is 3.08. The lowest BCUT2D eigenvalue weighted by Gasteiger charge is -2.32.